The average Bonchev–Trinajstić information content (AvgIpc) is 2.45. The minimum Gasteiger partial charge on any atom is -0.477 e. The summed E-state index contributed by atoms with van der Waals surface area (Å²) in [7, 11) is 0. The third kappa shape index (κ3) is 4.08. The summed E-state index contributed by atoms with van der Waals surface area (Å²) in [6, 6.07) is 12.0. The van der Waals surface area contributed by atoms with E-state index in [1.807, 2.05) is 6.07 Å². The van der Waals surface area contributed by atoms with Gasteiger partial charge in [-0.15, -0.1) is 11.8 Å². The summed E-state index contributed by atoms with van der Waals surface area (Å²) in [4.78, 5) is 16.2. The number of carboxylic acids is 1. The molecule has 1 aromatic carbocycles. The molecule has 0 unspecified atom stereocenters. The minimum atomic E-state index is -0.978. The Morgan fingerprint density at radius 2 is 1.86 bits per heavy atom. The zero-order valence-electron chi connectivity index (χ0n) is 12.5. The van der Waals surface area contributed by atoms with Crippen molar-refractivity contribution >= 4 is 17.7 Å². The first-order chi connectivity index (χ1) is 9.88. The first-order valence-corrected chi connectivity index (χ1v) is 7.77. The minimum absolute atomic E-state index is 0.135. The number of nitrogens with zero attached hydrogens (tertiary/aromatic N) is 1. The zero-order valence-corrected chi connectivity index (χ0v) is 13.3. The van der Waals surface area contributed by atoms with Gasteiger partial charge in [0.15, 0.2) is 5.69 Å². The third-order valence-corrected chi connectivity index (χ3v) is 4.27. The molecule has 0 aliphatic carbocycles. The maximum Gasteiger partial charge on any atom is 0.354 e. The van der Waals surface area contributed by atoms with Crippen LogP contribution in [0, 0.1) is 0 Å². The van der Waals surface area contributed by atoms with Crippen LogP contribution in [-0.2, 0) is 11.2 Å². The highest BCUT2D eigenvalue weighted by Gasteiger charge is 2.14. The van der Waals surface area contributed by atoms with Crippen LogP contribution in [0.3, 0.4) is 0 Å². The fourth-order valence-electron chi connectivity index (χ4n) is 1.96. The van der Waals surface area contributed by atoms with Crippen molar-refractivity contribution < 1.29 is 9.90 Å². The molecule has 0 aliphatic heterocycles. The SMILES string of the molecule is CC(C)(C)c1ccc(SCc2cccnc2C(=O)O)cc1. The van der Waals surface area contributed by atoms with E-state index in [0.29, 0.717) is 5.75 Å². The van der Waals surface area contributed by atoms with Gasteiger partial charge in [-0.25, -0.2) is 9.78 Å². The lowest BCUT2D eigenvalue weighted by Gasteiger charge is -2.19. The quantitative estimate of drug-likeness (QED) is 0.852. The molecule has 0 saturated heterocycles. The van der Waals surface area contributed by atoms with E-state index in [1.54, 1.807) is 17.8 Å². The fraction of sp³-hybridized carbons (Fsp3) is 0.294. The van der Waals surface area contributed by atoms with Crippen molar-refractivity contribution in [2.45, 2.75) is 36.8 Å². The van der Waals surface area contributed by atoms with Crippen LogP contribution in [0.15, 0.2) is 47.5 Å². The number of rotatable bonds is 4. The van der Waals surface area contributed by atoms with Gasteiger partial charge in [0.05, 0.1) is 0 Å². The van der Waals surface area contributed by atoms with Crippen molar-refractivity contribution in [2.24, 2.45) is 0 Å². The van der Waals surface area contributed by atoms with Crippen LogP contribution >= 0.6 is 11.8 Å². The van der Waals surface area contributed by atoms with Gasteiger partial charge in [-0.3, -0.25) is 0 Å². The Balaban J connectivity index is 2.09. The second kappa shape index (κ2) is 6.31. The Kier molecular flexibility index (Phi) is 4.68. The highest BCUT2D eigenvalue weighted by molar-refractivity contribution is 7.98. The topological polar surface area (TPSA) is 50.2 Å². The molecular weight excluding hydrogens is 282 g/mol. The normalized spacial score (nSPS) is 11.4. The second-order valence-electron chi connectivity index (χ2n) is 5.88. The number of hydrogen-bond acceptors (Lipinski definition) is 3. The van der Waals surface area contributed by atoms with E-state index in [9.17, 15) is 4.79 Å². The molecule has 110 valence electrons. The summed E-state index contributed by atoms with van der Waals surface area (Å²) in [6.07, 6.45) is 1.51. The molecule has 21 heavy (non-hydrogen) atoms. The molecule has 0 bridgehead atoms. The maximum absolute atomic E-state index is 11.1. The monoisotopic (exact) mass is 301 g/mol. The zero-order chi connectivity index (χ0) is 15.5. The fourth-order valence-corrected chi connectivity index (χ4v) is 2.84. The lowest BCUT2D eigenvalue weighted by atomic mass is 9.87. The van der Waals surface area contributed by atoms with Crippen LogP contribution < -0.4 is 0 Å². The summed E-state index contributed by atoms with van der Waals surface area (Å²) in [5.41, 5.74) is 2.31. The molecule has 0 atom stereocenters. The second-order valence-corrected chi connectivity index (χ2v) is 6.93. The number of hydrogen-bond donors (Lipinski definition) is 1. The van der Waals surface area contributed by atoms with Crippen molar-refractivity contribution in [3.63, 3.8) is 0 Å². The lowest BCUT2D eigenvalue weighted by Crippen LogP contribution is -2.10. The molecule has 0 saturated carbocycles. The van der Waals surface area contributed by atoms with E-state index >= 15 is 0 Å². The van der Waals surface area contributed by atoms with E-state index < -0.39 is 5.97 Å². The summed E-state index contributed by atoms with van der Waals surface area (Å²) in [5.74, 6) is -0.376. The molecule has 3 nitrogen and oxygen atoms in total. The van der Waals surface area contributed by atoms with Crippen molar-refractivity contribution in [3.8, 4) is 0 Å². The molecule has 0 fully saturated rings. The molecule has 0 radical (unpaired) electrons. The Morgan fingerprint density at radius 3 is 2.43 bits per heavy atom. The largest absolute Gasteiger partial charge is 0.477 e. The molecule has 1 heterocycles. The molecule has 0 aliphatic rings. The summed E-state index contributed by atoms with van der Waals surface area (Å²) in [6.45, 7) is 6.55. The number of pyridine rings is 1. The maximum atomic E-state index is 11.1. The summed E-state index contributed by atoms with van der Waals surface area (Å²) >= 11 is 1.62. The molecule has 0 spiro atoms. The van der Waals surface area contributed by atoms with Gasteiger partial charge in [0.1, 0.15) is 0 Å². The van der Waals surface area contributed by atoms with Crippen LogP contribution in [0.1, 0.15) is 42.4 Å². The molecular formula is C17H19NO2S. The molecule has 2 aromatic rings. The van der Waals surface area contributed by atoms with E-state index in [2.05, 4.69) is 50.0 Å². The third-order valence-electron chi connectivity index (χ3n) is 3.21. The van der Waals surface area contributed by atoms with Crippen molar-refractivity contribution in [3.05, 3.63) is 59.4 Å². The van der Waals surface area contributed by atoms with E-state index in [4.69, 9.17) is 5.11 Å². The molecule has 4 heteroatoms. The summed E-state index contributed by atoms with van der Waals surface area (Å²) in [5, 5.41) is 9.12. The van der Waals surface area contributed by atoms with Gasteiger partial charge in [0.2, 0.25) is 0 Å². The van der Waals surface area contributed by atoms with Gasteiger partial charge in [0.25, 0.3) is 0 Å². The first kappa shape index (κ1) is 15.6. The number of aromatic carboxylic acids is 1. The molecule has 1 aromatic heterocycles. The van der Waals surface area contributed by atoms with Crippen molar-refractivity contribution in [2.75, 3.05) is 0 Å². The smallest absolute Gasteiger partial charge is 0.354 e. The Morgan fingerprint density at radius 1 is 1.19 bits per heavy atom. The number of carbonyl (C=O) groups is 1. The van der Waals surface area contributed by atoms with Crippen LogP contribution in [0.4, 0.5) is 0 Å². The Labute approximate surface area is 129 Å². The number of aromatic nitrogens is 1. The molecule has 2 rings (SSSR count). The van der Waals surface area contributed by atoms with Crippen LogP contribution in [0.2, 0.25) is 0 Å². The lowest BCUT2D eigenvalue weighted by molar-refractivity contribution is 0.0689. The van der Waals surface area contributed by atoms with Crippen molar-refractivity contribution in [1.82, 2.24) is 4.98 Å². The van der Waals surface area contributed by atoms with Gasteiger partial charge in [0, 0.05) is 16.8 Å². The van der Waals surface area contributed by atoms with Crippen LogP contribution in [0.25, 0.3) is 0 Å². The number of thioether (sulfide) groups is 1. The van der Waals surface area contributed by atoms with Gasteiger partial charge < -0.3 is 5.11 Å². The van der Waals surface area contributed by atoms with E-state index in [1.165, 1.54) is 11.8 Å². The highest BCUT2D eigenvalue weighted by Crippen LogP contribution is 2.27. The van der Waals surface area contributed by atoms with Crippen LogP contribution in [-0.4, -0.2) is 16.1 Å². The van der Waals surface area contributed by atoms with Crippen molar-refractivity contribution in [1.29, 1.82) is 0 Å². The number of benzene rings is 1. The van der Waals surface area contributed by atoms with E-state index in [0.717, 1.165) is 10.5 Å². The summed E-state index contributed by atoms with van der Waals surface area (Å²) < 4.78 is 0. The van der Waals surface area contributed by atoms with Gasteiger partial charge >= 0.3 is 5.97 Å². The molecule has 1 N–H and O–H groups in total. The average molecular weight is 301 g/mol. The first-order valence-electron chi connectivity index (χ1n) is 6.78. The van der Waals surface area contributed by atoms with Crippen LogP contribution in [0.5, 0.6) is 0 Å². The predicted octanol–water partition coefficient (Wildman–Crippen LogP) is 4.37. The Bertz CT molecular complexity index is 630. The standard InChI is InChI=1S/C17H19NO2S/c1-17(2,3)13-6-8-14(9-7-13)21-11-12-5-4-10-18-15(12)16(19)20/h4-10H,11H2,1-3H3,(H,19,20). The van der Waals surface area contributed by atoms with Gasteiger partial charge in [-0.05, 0) is 34.7 Å². The van der Waals surface area contributed by atoms with Gasteiger partial charge in [-0.1, -0.05) is 39.0 Å². The highest BCUT2D eigenvalue weighted by atomic mass is 32.2. The van der Waals surface area contributed by atoms with Gasteiger partial charge in [-0.2, -0.15) is 0 Å². The molecule has 0 amide bonds. The number of carboxylic acid groups (broad SMARTS) is 1. The predicted molar refractivity (Wildman–Crippen MR) is 85.9 cm³/mol. The Hall–Kier alpha value is -1.81. The van der Waals surface area contributed by atoms with E-state index in [-0.39, 0.29) is 11.1 Å².